The number of hydrogen-bond donors (Lipinski definition) is 0. The molecule has 1 aromatic heterocycles. The van der Waals surface area contributed by atoms with Gasteiger partial charge in [-0.1, -0.05) is 0 Å². The van der Waals surface area contributed by atoms with Crippen LogP contribution >= 0.6 is 0 Å². The van der Waals surface area contributed by atoms with Crippen LogP contribution in [0.5, 0.6) is 0 Å². The number of piperazine rings is 2. The molecule has 146 valence electrons. The lowest BCUT2D eigenvalue weighted by atomic mass is 10.2. The Labute approximate surface area is 158 Å². The minimum atomic E-state index is -0.277. The van der Waals surface area contributed by atoms with Crippen molar-refractivity contribution in [1.29, 1.82) is 0 Å². The van der Waals surface area contributed by atoms with Crippen molar-refractivity contribution in [2.24, 2.45) is 0 Å². The molecule has 0 aliphatic carbocycles. The van der Waals surface area contributed by atoms with Crippen molar-refractivity contribution >= 4 is 24.2 Å². The summed E-state index contributed by atoms with van der Waals surface area (Å²) >= 11 is 0. The van der Waals surface area contributed by atoms with Crippen molar-refractivity contribution in [3.05, 3.63) is 23.9 Å². The fraction of sp³-hybridized carbons (Fsp3) is 0.556. The maximum absolute atomic E-state index is 12.6. The molecule has 0 spiro atoms. The van der Waals surface area contributed by atoms with Gasteiger partial charge in [0.2, 0.25) is 6.41 Å². The van der Waals surface area contributed by atoms with Gasteiger partial charge < -0.3 is 24.3 Å². The molecule has 0 N–H and O–H groups in total. The molecule has 0 aromatic carbocycles. The molecule has 1 aromatic rings. The number of hydrogen-bond acceptors (Lipinski definition) is 6. The first kappa shape index (κ1) is 18.9. The molecular formula is C18H25N5O4. The molecule has 3 rings (SSSR count). The van der Waals surface area contributed by atoms with Gasteiger partial charge in [-0.15, -0.1) is 0 Å². The number of carbonyl (C=O) groups excluding carboxylic acids is 3. The second kappa shape index (κ2) is 8.70. The number of ether oxygens (including phenoxy) is 1. The third kappa shape index (κ3) is 4.47. The summed E-state index contributed by atoms with van der Waals surface area (Å²) in [6.45, 7) is 6.88. The van der Waals surface area contributed by atoms with E-state index in [2.05, 4.69) is 9.88 Å². The highest BCUT2D eigenvalue weighted by atomic mass is 16.6. The van der Waals surface area contributed by atoms with E-state index >= 15 is 0 Å². The van der Waals surface area contributed by atoms with E-state index in [1.54, 1.807) is 33.9 Å². The van der Waals surface area contributed by atoms with E-state index in [1.165, 1.54) is 0 Å². The molecule has 2 aliphatic rings. The molecule has 9 heteroatoms. The maximum Gasteiger partial charge on any atom is 0.409 e. The third-order valence-corrected chi connectivity index (χ3v) is 4.88. The number of rotatable bonds is 4. The van der Waals surface area contributed by atoms with Crippen LogP contribution in [0, 0.1) is 0 Å². The van der Waals surface area contributed by atoms with Crippen LogP contribution in [0.15, 0.2) is 18.3 Å². The first-order valence-corrected chi connectivity index (χ1v) is 9.23. The van der Waals surface area contributed by atoms with Gasteiger partial charge in [0, 0.05) is 58.6 Å². The smallest absolute Gasteiger partial charge is 0.409 e. The molecule has 0 bridgehead atoms. The average Bonchev–Trinajstić information content (AvgIpc) is 2.74. The minimum absolute atomic E-state index is 0.0632. The summed E-state index contributed by atoms with van der Waals surface area (Å²) in [5, 5.41) is 0. The molecular weight excluding hydrogens is 350 g/mol. The van der Waals surface area contributed by atoms with E-state index in [0.717, 1.165) is 12.2 Å². The van der Waals surface area contributed by atoms with E-state index in [0.29, 0.717) is 64.5 Å². The fourth-order valence-corrected chi connectivity index (χ4v) is 3.25. The molecule has 27 heavy (non-hydrogen) atoms. The van der Waals surface area contributed by atoms with Gasteiger partial charge in [-0.25, -0.2) is 9.78 Å². The third-order valence-electron chi connectivity index (χ3n) is 4.88. The number of amides is 3. The van der Waals surface area contributed by atoms with Crippen molar-refractivity contribution < 1.29 is 19.1 Å². The summed E-state index contributed by atoms with van der Waals surface area (Å²) in [7, 11) is 0. The van der Waals surface area contributed by atoms with Crippen molar-refractivity contribution in [3.8, 4) is 0 Å². The summed E-state index contributed by atoms with van der Waals surface area (Å²) in [5.41, 5.74) is 0.545. The van der Waals surface area contributed by atoms with Gasteiger partial charge >= 0.3 is 6.09 Å². The summed E-state index contributed by atoms with van der Waals surface area (Å²) in [6.07, 6.45) is 2.14. The lowest BCUT2D eigenvalue weighted by Gasteiger charge is -2.35. The standard InChI is InChI=1S/C18H25N5O4/c1-2-27-18(26)23-11-9-21(10-12-23)16-4-3-15(13-19-16)17(25)22-7-5-20(14-24)6-8-22/h3-4,13-14H,2,5-12H2,1H3. The van der Waals surface area contributed by atoms with Crippen LogP contribution in [0.3, 0.4) is 0 Å². The molecule has 2 saturated heterocycles. The van der Waals surface area contributed by atoms with E-state index in [9.17, 15) is 14.4 Å². The molecule has 0 unspecified atom stereocenters. The first-order valence-electron chi connectivity index (χ1n) is 9.23. The Kier molecular flexibility index (Phi) is 6.10. The van der Waals surface area contributed by atoms with Crippen molar-refractivity contribution in [3.63, 3.8) is 0 Å². The lowest BCUT2D eigenvalue weighted by molar-refractivity contribution is -0.119. The zero-order valence-corrected chi connectivity index (χ0v) is 15.5. The van der Waals surface area contributed by atoms with Crippen LogP contribution in [0.2, 0.25) is 0 Å². The van der Waals surface area contributed by atoms with Crippen LogP contribution in [-0.2, 0) is 9.53 Å². The summed E-state index contributed by atoms with van der Waals surface area (Å²) < 4.78 is 5.02. The minimum Gasteiger partial charge on any atom is -0.450 e. The first-order chi connectivity index (χ1) is 13.1. The van der Waals surface area contributed by atoms with Crippen molar-refractivity contribution in [1.82, 2.24) is 19.7 Å². The van der Waals surface area contributed by atoms with Gasteiger partial charge in [-0.2, -0.15) is 0 Å². The molecule has 3 amide bonds. The number of pyridine rings is 1. The monoisotopic (exact) mass is 375 g/mol. The zero-order valence-electron chi connectivity index (χ0n) is 15.5. The lowest BCUT2D eigenvalue weighted by Crippen LogP contribution is -2.49. The molecule has 2 fully saturated rings. The number of carbonyl (C=O) groups is 3. The number of anilines is 1. The van der Waals surface area contributed by atoms with Gasteiger partial charge in [-0.05, 0) is 19.1 Å². The highest BCUT2D eigenvalue weighted by Crippen LogP contribution is 2.16. The Balaban J connectivity index is 1.54. The van der Waals surface area contributed by atoms with Gasteiger partial charge in [0.15, 0.2) is 0 Å². The van der Waals surface area contributed by atoms with Crippen molar-refractivity contribution in [2.45, 2.75) is 6.92 Å². The normalized spacial score (nSPS) is 17.7. The molecule has 0 radical (unpaired) electrons. The van der Waals surface area contributed by atoms with Gasteiger partial charge in [0.1, 0.15) is 5.82 Å². The van der Waals surface area contributed by atoms with E-state index in [-0.39, 0.29) is 12.0 Å². The van der Waals surface area contributed by atoms with Gasteiger partial charge in [-0.3, -0.25) is 9.59 Å². The second-order valence-corrected chi connectivity index (χ2v) is 6.51. The number of aromatic nitrogens is 1. The van der Waals surface area contributed by atoms with Crippen LogP contribution in [0.4, 0.5) is 10.6 Å². The zero-order chi connectivity index (χ0) is 19.2. The maximum atomic E-state index is 12.6. The molecule has 3 heterocycles. The summed E-state index contributed by atoms with van der Waals surface area (Å²) in [6, 6.07) is 3.63. The Morgan fingerprint density at radius 2 is 1.70 bits per heavy atom. The highest BCUT2D eigenvalue weighted by molar-refractivity contribution is 5.94. The largest absolute Gasteiger partial charge is 0.450 e. The molecule has 0 saturated carbocycles. The van der Waals surface area contributed by atoms with Gasteiger partial charge in [0.05, 0.1) is 12.2 Å². The topological polar surface area (TPSA) is 86.3 Å². The van der Waals surface area contributed by atoms with Crippen LogP contribution in [0.1, 0.15) is 17.3 Å². The molecule has 0 atom stereocenters. The Bertz CT molecular complexity index is 665. The Morgan fingerprint density at radius 1 is 1.04 bits per heavy atom. The van der Waals surface area contributed by atoms with Crippen molar-refractivity contribution in [2.75, 3.05) is 63.9 Å². The SMILES string of the molecule is CCOC(=O)N1CCN(c2ccc(C(=O)N3CCN(C=O)CC3)cn2)CC1. The summed E-state index contributed by atoms with van der Waals surface area (Å²) in [4.78, 5) is 46.7. The summed E-state index contributed by atoms with van der Waals surface area (Å²) in [5.74, 6) is 0.729. The highest BCUT2D eigenvalue weighted by Gasteiger charge is 2.24. The van der Waals surface area contributed by atoms with E-state index < -0.39 is 0 Å². The predicted octanol–water partition coefficient (Wildman–Crippen LogP) is 0.274. The quantitative estimate of drug-likeness (QED) is 0.703. The van der Waals surface area contributed by atoms with E-state index in [1.807, 2.05) is 6.07 Å². The molecule has 2 aliphatic heterocycles. The van der Waals surface area contributed by atoms with Crippen LogP contribution in [0.25, 0.3) is 0 Å². The second-order valence-electron chi connectivity index (χ2n) is 6.51. The van der Waals surface area contributed by atoms with Gasteiger partial charge in [0.25, 0.3) is 5.91 Å². The Morgan fingerprint density at radius 3 is 2.26 bits per heavy atom. The number of nitrogens with zero attached hydrogens (tertiary/aromatic N) is 5. The van der Waals surface area contributed by atoms with E-state index in [4.69, 9.17) is 4.74 Å². The molecule has 9 nitrogen and oxygen atoms in total. The Hall–Kier alpha value is -2.84. The van der Waals surface area contributed by atoms with Crippen LogP contribution in [-0.4, -0.2) is 97.1 Å². The fourth-order valence-electron chi connectivity index (χ4n) is 3.25. The van der Waals surface area contributed by atoms with Crippen LogP contribution < -0.4 is 4.90 Å². The predicted molar refractivity (Wildman–Crippen MR) is 98.6 cm³/mol. The average molecular weight is 375 g/mol.